The van der Waals surface area contributed by atoms with Gasteiger partial charge in [-0.3, -0.25) is 9.59 Å². The molecule has 1 fully saturated rings. The molecular formula is C27H24FNO5. The van der Waals surface area contributed by atoms with E-state index in [9.17, 15) is 19.1 Å². The number of benzene rings is 3. The first-order valence-electron chi connectivity index (χ1n) is 10.7. The van der Waals surface area contributed by atoms with Crippen molar-refractivity contribution in [2.75, 3.05) is 20.8 Å². The Morgan fingerprint density at radius 3 is 2.26 bits per heavy atom. The Balaban J connectivity index is 1.79. The van der Waals surface area contributed by atoms with Gasteiger partial charge < -0.3 is 19.5 Å². The van der Waals surface area contributed by atoms with Crippen molar-refractivity contribution in [2.24, 2.45) is 0 Å². The maximum absolute atomic E-state index is 13.3. The largest absolute Gasteiger partial charge is 0.507 e. The van der Waals surface area contributed by atoms with Crippen LogP contribution >= 0.6 is 0 Å². The third-order valence-electron chi connectivity index (χ3n) is 5.89. The number of aliphatic hydroxyl groups excluding tert-OH is 1. The zero-order chi connectivity index (χ0) is 24.2. The molecule has 1 amide bonds. The van der Waals surface area contributed by atoms with E-state index < -0.39 is 17.7 Å². The number of aliphatic hydroxyl groups is 1. The van der Waals surface area contributed by atoms with Gasteiger partial charge in [0.1, 0.15) is 23.1 Å². The third kappa shape index (κ3) is 4.37. The number of nitrogens with zero attached hydrogens (tertiary/aromatic N) is 1. The highest BCUT2D eigenvalue weighted by molar-refractivity contribution is 6.46. The summed E-state index contributed by atoms with van der Waals surface area (Å²) in [4.78, 5) is 27.7. The second kappa shape index (κ2) is 9.79. The van der Waals surface area contributed by atoms with E-state index in [1.165, 1.54) is 31.3 Å². The van der Waals surface area contributed by atoms with E-state index in [0.717, 1.165) is 5.56 Å². The van der Waals surface area contributed by atoms with Crippen molar-refractivity contribution >= 4 is 17.4 Å². The lowest BCUT2D eigenvalue weighted by Crippen LogP contribution is -2.31. The first-order valence-corrected chi connectivity index (χ1v) is 10.7. The van der Waals surface area contributed by atoms with Crippen LogP contribution in [0.15, 0.2) is 78.4 Å². The molecule has 34 heavy (non-hydrogen) atoms. The van der Waals surface area contributed by atoms with Crippen molar-refractivity contribution in [3.05, 3.63) is 101 Å². The Kier molecular flexibility index (Phi) is 6.63. The molecule has 174 valence electrons. The Morgan fingerprint density at radius 1 is 0.941 bits per heavy atom. The molecule has 3 aromatic carbocycles. The van der Waals surface area contributed by atoms with Gasteiger partial charge in [0.15, 0.2) is 0 Å². The van der Waals surface area contributed by atoms with Crippen LogP contribution in [0.3, 0.4) is 0 Å². The quantitative estimate of drug-likeness (QED) is 0.318. The molecule has 1 aliphatic heterocycles. The number of carbonyl (C=O) groups excluding carboxylic acids is 2. The van der Waals surface area contributed by atoms with Crippen LogP contribution in [0.2, 0.25) is 0 Å². The predicted octanol–water partition coefficient (Wildman–Crippen LogP) is 4.51. The number of hydrogen-bond donors (Lipinski definition) is 1. The van der Waals surface area contributed by atoms with E-state index in [0.29, 0.717) is 29.0 Å². The normalized spacial score (nSPS) is 17.1. The lowest BCUT2D eigenvalue weighted by molar-refractivity contribution is -0.139. The second-order valence-corrected chi connectivity index (χ2v) is 7.84. The summed E-state index contributed by atoms with van der Waals surface area (Å²) < 4.78 is 24.0. The molecule has 1 N–H and O–H groups in total. The number of likely N-dealkylation sites (tertiary alicyclic amines) is 1. The zero-order valence-electron chi connectivity index (χ0n) is 18.8. The topological polar surface area (TPSA) is 76.1 Å². The van der Waals surface area contributed by atoms with Gasteiger partial charge in [-0.15, -0.1) is 0 Å². The summed E-state index contributed by atoms with van der Waals surface area (Å²) in [5, 5.41) is 11.2. The van der Waals surface area contributed by atoms with Crippen molar-refractivity contribution in [3.63, 3.8) is 0 Å². The monoisotopic (exact) mass is 461 g/mol. The molecule has 4 rings (SSSR count). The predicted molar refractivity (Wildman–Crippen MR) is 125 cm³/mol. The van der Waals surface area contributed by atoms with E-state index in [1.54, 1.807) is 60.7 Å². The van der Waals surface area contributed by atoms with E-state index >= 15 is 0 Å². The van der Waals surface area contributed by atoms with Crippen molar-refractivity contribution in [2.45, 2.75) is 12.5 Å². The minimum atomic E-state index is -0.848. The molecule has 0 radical (unpaired) electrons. The first-order chi connectivity index (χ1) is 16.4. The highest BCUT2D eigenvalue weighted by Gasteiger charge is 2.46. The molecular weight excluding hydrogens is 437 g/mol. The van der Waals surface area contributed by atoms with E-state index in [-0.39, 0.29) is 23.7 Å². The molecule has 6 nitrogen and oxygen atoms in total. The number of carbonyl (C=O) groups is 2. The van der Waals surface area contributed by atoms with Gasteiger partial charge in [-0.2, -0.15) is 0 Å². The highest BCUT2D eigenvalue weighted by Crippen LogP contribution is 2.42. The lowest BCUT2D eigenvalue weighted by Gasteiger charge is -2.26. The maximum Gasteiger partial charge on any atom is 0.295 e. The number of ketones is 1. The molecule has 0 spiro atoms. The summed E-state index contributed by atoms with van der Waals surface area (Å²) in [5.41, 5.74) is 1.77. The number of rotatable bonds is 7. The number of halogens is 1. The van der Waals surface area contributed by atoms with Gasteiger partial charge >= 0.3 is 0 Å². The fourth-order valence-corrected chi connectivity index (χ4v) is 4.13. The summed E-state index contributed by atoms with van der Waals surface area (Å²) in [5.74, 6) is -1.03. The highest BCUT2D eigenvalue weighted by atomic mass is 19.1. The summed E-state index contributed by atoms with van der Waals surface area (Å²) in [6.07, 6.45) is 0.404. The summed E-state index contributed by atoms with van der Waals surface area (Å²) >= 11 is 0. The third-order valence-corrected chi connectivity index (χ3v) is 5.89. The van der Waals surface area contributed by atoms with Crippen molar-refractivity contribution in [1.29, 1.82) is 0 Å². The molecule has 0 aromatic heterocycles. The molecule has 1 unspecified atom stereocenters. The van der Waals surface area contributed by atoms with Crippen molar-refractivity contribution in [3.8, 4) is 11.5 Å². The number of methoxy groups -OCH3 is 2. The number of amides is 1. The maximum atomic E-state index is 13.3. The van der Waals surface area contributed by atoms with Gasteiger partial charge in [0, 0.05) is 17.7 Å². The SMILES string of the molecule is COc1ccc(/C(O)=C2/C(=O)C(=O)N(CCc3ccc(F)cc3)C2c2ccccc2OC)cc1. The van der Waals surface area contributed by atoms with Crippen LogP contribution in [-0.4, -0.2) is 42.5 Å². The summed E-state index contributed by atoms with van der Waals surface area (Å²) in [6.45, 7) is 0.193. The van der Waals surface area contributed by atoms with E-state index in [4.69, 9.17) is 9.47 Å². The summed E-state index contributed by atoms with van der Waals surface area (Å²) in [6, 6.07) is 18.8. The van der Waals surface area contributed by atoms with Gasteiger partial charge in [-0.05, 0) is 54.4 Å². The van der Waals surface area contributed by atoms with Gasteiger partial charge in [-0.25, -0.2) is 4.39 Å². The van der Waals surface area contributed by atoms with Crippen LogP contribution in [0, 0.1) is 5.82 Å². The molecule has 1 heterocycles. The number of ether oxygens (including phenoxy) is 2. The van der Waals surface area contributed by atoms with Crippen LogP contribution in [-0.2, 0) is 16.0 Å². The minimum Gasteiger partial charge on any atom is -0.507 e. The Labute approximate surface area is 196 Å². The van der Waals surface area contributed by atoms with E-state index in [2.05, 4.69) is 0 Å². The zero-order valence-corrected chi connectivity index (χ0v) is 18.8. The van der Waals surface area contributed by atoms with Gasteiger partial charge in [-0.1, -0.05) is 30.3 Å². The first kappa shape index (κ1) is 23.0. The van der Waals surface area contributed by atoms with Crippen LogP contribution in [0.25, 0.3) is 5.76 Å². The molecule has 7 heteroatoms. The number of hydrogen-bond acceptors (Lipinski definition) is 5. The van der Waals surface area contributed by atoms with Gasteiger partial charge in [0.2, 0.25) is 0 Å². The van der Waals surface area contributed by atoms with E-state index in [1.807, 2.05) is 0 Å². The number of Topliss-reactive ketones (excluding diaryl/α,β-unsaturated/α-hetero) is 1. The van der Waals surface area contributed by atoms with Crippen molar-refractivity contribution in [1.82, 2.24) is 4.90 Å². The van der Waals surface area contributed by atoms with Crippen molar-refractivity contribution < 1.29 is 28.6 Å². The molecule has 0 saturated carbocycles. The Hall–Kier alpha value is -4.13. The fraction of sp³-hybridized carbons (Fsp3) is 0.185. The Bertz CT molecular complexity index is 1230. The molecule has 1 aliphatic rings. The van der Waals surface area contributed by atoms with Gasteiger partial charge in [0.05, 0.1) is 25.8 Å². The molecule has 0 aliphatic carbocycles. The summed E-state index contributed by atoms with van der Waals surface area (Å²) in [7, 11) is 3.04. The molecule has 3 aromatic rings. The minimum absolute atomic E-state index is 0.0150. The van der Waals surface area contributed by atoms with Crippen LogP contribution < -0.4 is 9.47 Å². The second-order valence-electron chi connectivity index (χ2n) is 7.84. The van der Waals surface area contributed by atoms with Gasteiger partial charge in [0.25, 0.3) is 11.7 Å². The molecule has 0 bridgehead atoms. The fourth-order valence-electron chi connectivity index (χ4n) is 4.13. The van der Waals surface area contributed by atoms with Crippen LogP contribution in [0.5, 0.6) is 11.5 Å². The smallest absolute Gasteiger partial charge is 0.295 e. The molecule has 1 atom stereocenters. The van der Waals surface area contributed by atoms with Crippen LogP contribution in [0.4, 0.5) is 4.39 Å². The molecule has 1 saturated heterocycles. The lowest BCUT2D eigenvalue weighted by atomic mass is 9.94. The average molecular weight is 461 g/mol. The average Bonchev–Trinajstić information content (AvgIpc) is 3.12. The Morgan fingerprint density at radius 2 is 1.62 bits per heavy atom. The standard InChI is InChI=1S/C27H24FNO5/c1-33-20-13-9-18(10-14-20)25(30)23-24(21-5-3-4-6-22(21)34-2)29(27(32)26(23)31)16-15-17-7-11-19(28)12-8-17/h3-14,24,30H,15-16H2,1-2H3/b25-23-. The number of para-hydroxylation sites is 1. The van der Waals surface area contributed by atoms with Crippen LogP contribution in [0.1, 0.15) is 22.7 Å².